The number of nitrogens with zero attached hydrogens (tertiary/aromatic N) is 3. The maximum atomic E-state index is 14.0. The molecule has 0 spiro atoms. The smallest absolute Gasteiger partial charge is 0.189 e. The van der Waals surface area contributed by atoms with Crippen LogP contribution in [0.3, 0.4) is 0 Å². The maximum Gasteiger partial charge on any atom is 0.189 e. The number of nitriles is 3. The van der Waals surface area contributed by atoms with Gasteiger partial charge < -0.3 is 10.3 Å². The molecular weight excluding hydrogens is 341 g/mol. The van der Waals surface area contributed by atoms with Crippen molar-refractivity contribution < 1.29 is 9.29 Å². The molecule has 2 heterocycles. The van der Waals surface area contributed by atoms with E-state index in [2.05, 4.69) is 31.3 Å². The zero-order chi connectivity index (χ0) is 19.3. The lowest BCUT2D eigenvalue weighted by atomic mass is 9.53. The van der Waals surface area contributed by atoms with Crippen molar-refractivity contribution in [3.8, 4) is 18.2 Å². The second kappa shape index (κ2) is 6.02. The Balaban J connectivity index is 2.01. The number of fused-ring (bicyclic) bond motifs is 4. The van der Waals surface area contributed by atoms with Gasteiger partial charge in [0.1, 0.15) is 17.8 Å². The van der Waals surface area contributed by atoms with Gasteiger partial charge in [-0.1, -0.05) is 12.1 Å². The maximum absolute atomic E-state index is 14.0. The Labute approximate surface area is 157 Å². The number of halogens is 1. The van der Waals surface area contributed by atoms with E-state index in [9.17, 15) is 20.2 Å². The fourth-order valence-electron chi connectivity index (χ4n) is 5.47. The molecule has 27 heavy (non-hydrogen) atoms. The van der Waals surface area contributed by atoms with Crippen molar-refractivity contribution in [2.75, 3.05) is 7.05 Å². The van der Waals surface area contributed by atoms with E-state index in [1.165, 1.54) is 17.0 Å². The van der Waals surface area contributed by atoms with Crippen LogP contribution in [-0.4, -0.2) is 24.8 Å². The second-order valence-electron chi connectivity index (χ2n) is 7.77. The van der Waals surface area contributed by atoms with Gasteiger partial charge in [-0.3, -0.25) is 0 Å². The zero-order valence-corrected chi connectivity index (χ0v) is 14.9. The van der Waals surface area contributed by atoms with Gasteiger partial charge in [0.15, 0.2) is 5.41 Å². The molecule has 3 aliphatic rings. The SMILES string of the molecule is C[NH+]1[C@@H]2C=C3C(C#N)C(=N)C(C#N)(C#N)[C@@H](c4cccc(F)c4)[C@@H]3[C@H]1CC2. The highest BCUT2D eigenvalue weighted by Crippen LogP contribution is 2.55. The Hall–Kier alpha value is -3.01. The lowest BCUT2D eigenvalue weighted by molar-refractivity contribution is -0.916. The van der Waals surface area contributed by atoms with Crippen molar-refractivity contribution in [2.45, 2.75) is 30.8 Å². The molecule has 2 bridgehead atoms. The minimum atomic E-state index is -1.77. The van der Waals surface area contributed by atoms with Gasteiger partial charge in [-0.2, -0.15) is 15.8 Å². The molecule has 1 aromatic carbocycles. The van der Waals surface area contributed by atoms with E-state index in [0.29, 0.717) is 5.56 Å². The predicted molar refractivity (Wildman–Crippen MR) is 94.9 cm³/mol. The first-order valence-electron chi connectivity index (χ1n) is 9.10. The summed E-state index contributed by atoms with van der Waals surface area (Å²) < 4.78 is 14.0. The summed E-state index contributed by atoms with van der Waals surface area (Å²) in [6.07, 6.45) is 3.98. The minimum Gasteiger partial charge on any atom is -0.329 e. The highest BCUT2D eigenvalue weighted by molar-refractivity contribution is 6.00. The fourth-order valence-corrected chi connectivity index (χ4v) is 5.47. The summed E-state index contributed by atoms with van der Waals surface area (Å²) in [4.78, 5) is 1.31. The number of likely N-dealkylation sites (N-methyl/N-ethyl adjacent to an activating group) is 1. The molecule has 2 aliphatic heterocycles. The minimum absolute atomic E-state index is 0.147. The zero-order valence-electron chi connectivity index (χ0n) is 14.9. The molecule has 0 aromatic heterocycles. The van der Waals surface area contributed by atoms with Crippen molar-refractivity contribution >= 4 is 5.71 Å². The van der Waals surface area contributed by atoms with Crippen LogP contribution in [0.15, 0.2) is 35.9 Å². The number of benzene rings is 1. The van der Waals surface area contributed by atoms with Crippen LogP contribution in [0.25, 0.3) is 0 Å². The molecule has 1 aromatic rings. The molecule has 2 fully saturated rings. The van der Waals surface area contributed by atoms with Gasteiger partial charge >= 0.3 is 0 Å². The fraction of sp³-hybridized carbons (Fsp3) is 0.429. The number of hydrogen-bond donors (Lipinski definition) is 2. The Morgan fingerprint density at radius 1 is 1.22 bits per heavy atom. The van der Waals surface area contributed by atoms with E-state index in [4.69, 9.17) is 5.41 Å². The van der Waals surface area contributed by atoms with E-state index in [-0.39, 0.29) is 23.7 Å². The lowest BCUT2D eigenvalue weighted by Crippen LogP contribution is -3.15. The van der Waals surface area contributed by atoms with Crippen LogP contribution in [0.2, 0.25) is 0 Å². The van der Waals surface area contributed by atoms with E-state index in [0.717, 1.165) is 18.4 Å². The van der Waals surface area contributed by atoms with Gasteiger partial charge in [0.05, 0.1) is 37.0 Å². The van der Waals surface area contributed by atoms with Gasteiger partial charge in [-0.05, 0) is 29.3 Å². The van der Waals surface area contributed by atoms with Crippen LogP contribution in [0, 0.1) is 62.5 Å². The van der Waals surface area contributed by atoms with Crippen LogP contribution in [-0.2, 0) is 0 Å². The van der Waals surface area contributed by atoms with Gasteiger partial charge in [-0.15, -0.1) is 0 Å². The molecule has 134 valence electrons. The Morgan fingerprint density at radius 3 is 2.59 bits per heavy atom. The van der Waals surface area contributed by atoms with E-state index >= 15 is 0 Å². The van der Waals surface area contributed by atoms with Crippen LogP contribution in [0.5, 0.6) is 0 Å². The normalized spacial score (nSPS) is 36.0. The Bertz CT molecular complexity index is 962. The average Bonchev–Trinajstić information content (AvgIpc) is 2.90. The van der Waals surface area contributed by atoms with E-state index in [1.54, 1.807) is 12.1 Å². The van der Waals surface area contributed by atoms with Crippen LogP contribution in [0.1, 0.15) is 24.3 Å². The first-order valence-corrected chi connectivity index (χ1v) is 9.10. The topological polar surface area (TPSA) is 99.7 Å². The van der Waals surface area contributed by atoms with Gasteiger partial charge in [0, 0.05) is 24.7 Å². The molecule has 6 atom stereocenters. The van der Waals surface area contributed by atoms with Crippen LogP contribution >= 0.6 is 0 Å². The third kappa shape index (κ3) is 2.19. The third-order valence-corrected chi connectivity index (χ3v) is 6.73. The number of nitrogens with one attached hydrogen (secondary N) is 2. The largest absolute Gasteiger partial charge is 0.329 e. The third-order valence-electron chi connectivity index (χ3n) is 6.73. The van der Waals surface area contributed by atoms with Crippen LogP contribution in [0.4, 0.5) is 4.39 Å². The van der Waals surface area contributed by atoms with Crippen molar-refractivity contribution in [3.05, 3.63) is 47.3 Å². The Kier molecular flexibility index (Phi) is 3.88. The summed E-state index contributed by atoms with van der Waals surface area (Å²) >= 11 is 0. The molecule has 2 N–H and O–H groups in total. The molecule has 1 saturated heterocycles. The highest BCUT2D eigenvalue weighted by Gasteiger charge is 2.62. The molecule has 2 unspecified atom stereocenters. The van der Waals surface area contributed by atoms with E-state index in [1.807, 2.05) is 0 Å². The monoisotopic (exact) mass is 360 g/mol. The molecule has 0 amide bonds. The van der Waals surface area contributed by atoms with Crippen molar-refractivity contribution in [2.24, 2.45) is 17.3 Å². The predicted octanol–water partition coefficient (Wildman–Crippen LogP) is 1.72. The standard InChI is InChI=1S/C21H18FN5/c1-27-14-5-6-17(27)18-15(8-14)16(9-23)20(26)21(10-24,11-25)19(18)12-3-2-4-13(22)7-12/h2-4,7-8,14,16-19,26H,5-6H2,1H3/p+1/t14-,16?,17+,18-,19-/m0/s1. The van der Waals surface area contributed by atoms with Crippen molar-refractivity contribution in [3.63, 3.8) is 0 Å². The van der Waals surface area contributed by atoms with Gasteiger partial charge in [0.25, 0.3) is 0 Å². The van der Waals surface area contributed by atoms with E-state index < -0.39 is 23.1 Å². The molecule has 5 nitrogen and oxygen atoms in total. The first kappa shape index (κ1) is 17.4. The van der Waals surface area contributed by atoms with Gasteiger partial charge in [0.2, 0.25) is 0 Å². The lowest BCUT2D eigenvalue weighted by Gasteiger charge is -2.48. The highest BCUT2D eigenvalue weighted by atomic mass is 19.1. The van der Waals surface area contributed by atoms with Crippen molar-refractivity contribution in [1.82, 2.24) is 0 Å². The molecule has 6 heteroatoms. The molecule has 4 rings (SSSR count). The van der Waals surface area contributed by atoms with Gasteiger partial charge in [-0.25, -0.2) is 4.39 Å². The number of rotatable bonds is 1. The second-order valence-corrected chi connectivity index (χ2v) is 7.77. The summed E-state index contributed by atoms with van der Waals surface area (Å²) in [6.45, 7) is 0. The molecular formula is C21H19FN5+. The van der Waals surface area contributed by atoms with Crippen molar-refractivity contribution in [1.29, 1.82) is 21.2 Å². The number of hydrogen-bond acceptors (Lipinski definition) is 4. The van der Waals surface area contributed by atoms with Crippen LogP contribution < -0.4 is 4.90 Å². The molecule has 0 radical (unpaired) electrons. The average molecular weight is 360 g/mol. The summed E-state index contributed by atoms with van der Waals surface area (Å²) in [5, 5.41) is 38.4. The first-order chi connectivity index (χ1) is 13.0. The summed E-state index contributed by atoms with van der Waals surface area (Å²) in [6, 6.07) is 12.7. The summed E-state index contributed by atoms with van der Waals surface area (Å²) in [5.74, 6) is -2.19. The molecule has 1 aliphatic carbocycles. The number of quaternary nitrogens is 1. The Morgan fingerprint density at radius 2 is 1.96 bits per heavy atom. The summed E-state index contributed by atoms with van der Waals surface area (Å²) in [5.41, 5.74) is -0.554. The molecule has 1 saturated carbocycles. The summed E-state index contributed by atoms with van der Waals surface area (Å²) in [7, 11) is 2.10. The quantitative estimate of drug-likeness (QED) is 0.746.